The number of carbonyl (C=O) groups is 1. The summed E-state index contributed by atoms with van der Waals surface area (Å²) in [6.45, 7) is 1.87. The van der Waals surface area contributed by atoms with Crippen molar-refractivity contribution in [1.82, 2.24) is 0 Å². The Kier molecular flexibility index (Phi) is 6.45. The van der Waals surface area contributed by atoms with E-state index in [9.17, 15) is 4.79 Å². The number of nitrogens with zero attached hydrogens (tertiary/aromatic N) is 3. The van der Waals surface area contributed by atoms with Crippen LogP contribution in [-0.4, -0.2) is 19.7 Å². The minimum Gasteiger partial charge on any atom is -0.497 e. The van der Waals surface area contributed by atoms with Gasteiger partial charge >= 0.3 is 5.97 Å². The molecule has 0 spiro atoms. The summed E-state index contributed by atoms with van der Waals surface area (Å²) >= 11 is 0. The van der Waals surface area contributed by atoms with Crippen LogP contribution in [0.3, 0.4) is 0 Å². The van der Waals surface area contributed by atoms with Crippen LogP contribution in [0, 0.1) is 0 Å². The summed E-state index contributed by atoms with van der Waals surface area (Å²) in [6.07, 6.45) is 1.44. The fraction of sp³-hybridized carbons (Fsp3) is 0.167. The summed E-state index contributed by atoms with van der Waals surface area (Å²) < 4.78 is 15.7. The smallest absolute Gasteiger partial charge is 0.340 e. The molecular weight excluding hydrogens is 322 g/mol. The molecule has 0 amide bonds. The average molecular weight is 339 g/mol. The van der Waals surface area contributed by atoms with Crippen molar-refractivity contribution in [2.24, 2.45) is 5.11 Å². The quantitative estimate of drug-likeness (QED) is 0.240. The molecule has 25 heavy (non-hydrogen) atoms. The molecule has 0 N–H and O–H groups in total. The van der Waals surface area contributed by atoms with Gasteiger partial charge in [0.05, 0.1) is 13.7 Å². The standard InChI is InChI=1S/C18H17N3O4/c1-3-24-18(22)17(20-21-19)12-13-5-4-6-16(11-13)25-15-9-7-14(23-2)8-10-15/h4-12H,3H2,1-2H3. The highest BCUT2D eigenvalue weighted by Crippen LogP contribution is 2.25. The van der Waals surface area contributed by atoms with Gasteiger partial charge in [-0.15, -0.1) is 0 Å². The minimum absolute atomic E-state index is 0.119. The Morgan fingerprint density at radius 2 is 1.88 bits per heavy atom. The van der Waals surface area contributed by atoms with Gasteiger partial charge in [-0.1, -0.05) is 17.2 Å². The van der Waals surface area contributed by atoms with Gasteiger partial charge in [0.1, 0.15) is 22.9 Å². The zero-order valence-electron chi connectivity index (χ0n) is 13.9. The Morgan fingerprint density at radius 1 is 1.16 bits per heavy atom. The van der Waals surface area contributed by atoms with E-state index in [2.05, 4.69) is 10.0 Å². The van der Waals surface area contributed by atoms with Gasteiger partial charge in [-0.2, -0.15) is 0 Å². The number of rotatable bonds is 7. The molecule has 0 saturated heterocycles. The predicted octanol–water partition coefficient (Wildman–Crippen LogP) is 4.70. The van der Waals surface area contributed by atoms with E-state index in [-0.39, 0.29) is 12.3 Å². The van der Waals surface area contributed by atoms with Gasteiger partial charge in [0.25, 0.3) is 0 Å². The first-order valence-electron chi connectivity index (χ1n) is 7.52. The van der Waals surface area contributed by atoms with Crippen LogP contribution in [0.5, 0.6) is 17.2 Å². The van der Waals surface area contributed by atoms with Crippen LogP contribution in [0.25, 0.3) is 16.5 Å². The van der Waals surface area contributed by atoms with Crippen LogP contribution in [0.2, 0.25) is 0 Å². The van der Waals surface area contributed by atoms with Crippen molar-refractivity contribution in [2.75, 3.05) is 13.7 Å². The summed E-state index contributed by atoms with van der Waals surface area (Å²) in [6, 6.07) is 14.2. The van der Waals surface area contributed by atoms with E-state index in [1.807, 2.05) is 0 Å². The minimum atomic E-state index is -0.679. The first-order chi connectivity index (χ1) is 12.2. The van der Waals surface area contributed by atoms with Crippen LogP contribution in [0.15, 0.2) is 59.3 Å². The second-order valence-electron chi connectivity index (χ2n) is 4.79. The van der Waals surface area contributed by atoms with E-state index < -0.39 is 5.97 Å². The first-order valence-corrected chi connectivity index (χ1v) is 7.52. The molecule has 7 nitrogen and oxygen atoms in total. The van der Waals surface area contributed by atoms with E-state index in [0.29, 0.717) is 17.1 Å². The van der Waals surface area contributed by atoms with Gasteiger partial charge in [0.15, 0.2) is 0 Å². The molecule has 0 fully saturated rings. The molecule has 0 unspecified atom stereocenters. The van der Waals surface area contributed by atoms with Gasteiger partial charge < -0.3 is 14.2 Å². The van der Waals surface area contributed by atoms with E-state index >= 15 is 0 Å². The van der Waals surface area contributed by atoms with Crippen molar-refractivity contribution >= 4 is 12.0 Å². The molecule has 0 aromatic heterocycles. The van der Waals surface area contributed by atoms with Crippen LogP contribution >= 0.6 is 0 Å². The highest BCUT2D eigenvalue weighted by molar-refractivity contribution is 5.93. The fourth-order valence-electron chi connectivity index (χ4n) is 1.99. The largest absolute Gasteiger partial charge is 0.497 e. The number of carbonyl (C=O) groups excluding carboxylic acids is 1. The molecule has 0 saturated carbocycles. The molecule has 0 aliphatic rings. The summed E-state index contributed by atoms with van der Waals surface area (Å²) in [7, 11) is 1.59. The molecule has 0 heterocycles. The number of benzene rings is 2. The molecule has 2 rings (SSSR count). The van der Waals surface area contributed by atoms with Gasteiger partial charge in [0, 0.05) is 4.91 Å². The van der Waals surface area contributed by atoms with E-state index in [4.69, 9.17) is 19.7 Å². The molecule has 128 valence electrons. The number of hydrogen-bond acceptors (Lipinski definition) is 5. The zero-order chi connectivity index (χ0) is 18.1. The number of methoxy groups -OCH3 is 1. The summed E-state index contributed by atoms with van der Waals surface area (Å²) in [5.41, 5.74) is 9.12. The predicted molar refractivity (Wildman–Crippen MR) is 93.3 cm³/mol. The molecule has 0 aliphatic carbocycles. The number of esters is 1. The van der Waals surface area contributed by atoms with Gasteiger partial charge in [-0.25, -0.2) is 4.79 Å². The van der Waals surface area contributed by atoms with E-state index in [0.717, 1.165) is 5.75 Å². The van der Waals surface area contributed by atoms with E-state index in [1.54, 1.807) is 62.6 Å². The molecule has 0 atom stereocenters. The SMILES string of the molecule is CCOC(=O)C(=Cc1cccc(Oc2ccc(OC)cc2)c1)N=[N+]=[N-]. The molecule has 0 radical (unpaired) electrons. The summed E-state index contributed by atoms with van der Waals surface area (Å²) in [5, 5.41) is 3.38. The Balaban J connectivity index is 2.22. The Labute approximate surface area is 145 Å². The van der Waals surface area contributed by atoms with Crippen molar-refractivity contribution in [2.45, 2.75) is 6.92 Å². The molecule has 0 aliphatic heterocycles. The highest BCUT2D eigenvalue weighted by Gasteiger charge is 2.09. The van der Waals surface area contributed by atoms with Gasteiger partial charge in [0.2, 0.25) is 0 Å². The van der Waals surface area contributed by atoms with Crippen molar-refractivity contribution in [3.63, 3.8) is 0 Å². The molecule has 2 aromatic carbocycles. The highest BCUT2D eigenvalue weighted by atomic mass is 16.5. The third-order valence-corrected chi connectivity index (χ3v) is 3.09. The van der Waals surface area contributed by atoms with Crippen molar-refractivity contribution < 1.29 is 19.0 Å². The lowest BCUT2D eigenvalue weighted by molar-refractivity contribution is -0.138. The number of hydrogen-bond donors (Lipinski definition) is 0. The lowest BCUT2D eigenvalue weighted by atomic mass is 10.2. The molecular formula is C18H17N3O4. The van der Waals surface area contributed by atoms with Gasteiger partial charge in [-0.05, 0) is 60.5 Å². The summed E-state index contributed by atoms with van der Waals surface area (Å²) in [4.78, 5) is 14.4. The lowest BCUT2D eigenvalue weighted by Crippen LogP contribution is -2.05. The Hall–Kier alpha value is -3.44. The van der Waals surface area contributed by atoms with Crippen molar-refractivity contribution in [3.8, 4) is 17.2 Å². The van der Waals surface area contributed by atoms with Crippen molar-refractivity contribution in [3.05, 3.63) is 70.2 Å². The maximum atomic E-state index is 11.8. The number of azide groups is 1. The second-order valence-corrected chi connectivity index (χ2v) is 4.79. The lowest BCUT2D eigenvalue weighted by Gasteiger charge is -2.07. The third-order valence-electron chi connectivity index (χ3n) is 3.09. The monoisotopic (exact) mass is 339 g/mol. The molecule has 2 aromatic rings. The second kappa shape index (κ2) is 9.00. The first kappa shape index (κ1) is 17.9. The molecule has 7 heteroatoms. The normalized spacial score (nSPS) is 10.6. The maximum absolute atomic E-state index is 11.8. The Bertz CT molecular complexity index is 809. The molecule has 0 bridgehead atoms. The third kappa shape index (κ3) is 5.30. The number of ether oxygens (including phenoxy) is 3. The summed E-state index contributed by atoms with van der Waals surface area (Å²) in [5.74, 6) is 1.27. The van der Waals surface area contributed by atoms with Crippen LogP contribution < -0.4 is 9.47 Å². The maximum Gasteiger partial charge on any atom is 0.340 e. The van der Waals surface area contributed by atoms with Gasteiger partial charge in [-0.3, -0.25) is 0 Å². The Morgan fingerprint density at radius 3 is 2.52 bits per heavy atom. The average Bonchev–Trinajstić information content (AvgIpc) is 2.62. The van der Waals surface area contributed by atoms with Crippen molar-refractivity contribution in [1.29, 1.82) is 0 Å². The zero-order valence-corrected chi connectivity index (χ0v) is 13.9. The van der Waals surface area contributed by atoms with Crippen LogP contribution in [-0.2, 0) is 9.53 Å². The van der Waals surface area contributed by atoms with E-state index in [1.165, 1.54) is 6.08 Å². The fourth-order valence-corrected chi connectivity index (χ4v) is 1.99. The van der Waals surface area contributed by atoms with Crippen LogP contribution in [0.4, 0.5) is 0 Å². The topological polar surface area (TPSA) is 93.5 Å². The van der Waals surface area contributed by atoms with Crippen LogP contribution in [0.1, 0.15) is 12.5 Å².